The first-order valence-electron chi connectivity index (χ1n) is 7.09. The summed E-state index contributed by atoms with van der Waals surface area (Å²) in [6, 6.07) is 2.12. The van der Waals surface area contributed by atoms with Gasteiger partial charge in [0.05, 0.1) is 12.8 Å². The molecule has 1 aliphatic heterocycles. The van der Waals surface area contributed by atoms with E-state index in [1.807, 2.05) is 6.26 Å². The first kappa shape index (κ1) is 13.6. The van der Waals surface area contributed by atoms with E-state index >= 15 is 0 Å². The van der Waals surface area contributed by atoms with Crippen LogP contribution in [0.15, 0.2) is 16.7 Å². The number of likely N-dealkylation sites (tertiary alicyclic amines) is 1. The Bertz CT molecular complexity index is 370. The Morgan fingerprint density at radius 2 is 2.28 bits per heavy atom. The number of rotatable bonds is 6. The van der Waals surface area contributed by atoms with Crippen molar-refractivity contribution in [1.29, 1.82) is 0 Å². The number of furan rings is 1. The molecule has 3 nitrogen and oxygen atoms in total. The molecule has 0 spiro atoms. The van der Waals surface area contributed by atoms with Crippen molar-refractivity contribution < 1.29 is 4.42 Å². The summed E-state index contributed by atoms with van der Waals surface area (Å²) in [4.78, 5) is 2.54. The molecule has 0 amide bonds. The fourth-order valence-electron chi connectivity index (χ4n) is 2.64. The van der Waals surface area contributed by atoms with Gasteiger partial charge in [0, 0.05) is 18.7 Å². The minimum Gasteiger partial charge on any atom is -0.468 e. The van der Waals surface area contributed by atoms with Gasteiger partial charge >= 0.3 is 0 Å². The second-order valence-corrected chi connectivity index (χ2v) is 6.17. The first-order chi connectivity index (χ1) is 8.61. The van der Waals surface area contributed by atoms with Gasteiger partial charge in [0.15, 0.2) is 0 Å². The van der Waals surface area contributed by atoms with E-state index in [4.69, 9.17) is 4.42 Å². The van der Waals surface area contributed by atoms with Gasteiger partial charge in [0.25, 0.3) is 0 Å². The van der Waals surface area contributed by atoms with Crippen LogP contribution in [0.1, 0.15) is 44.9 Å². The first-order valence-corrected chi connectivity index (χ1v) is 7.09. The molecule has 0 aliphatic carbocycles. The molecular weight excluding hydrogens is 224 g/mol. The maximum Gasteiger partial charge on any atom is 0.122 e. The molecule has 18 heavy (non-hydrogen) atoms. The molecule has 0 unspecified atom stereocenters. The third kappa shape index (κ3) is 3.59. The van der Waals surface area contributed by atoms with Crippen LogP contribution in [0.5, 0.6) is 0 Å². The summed E-state index contributed by atoms with van der Waals surface area (Å²) in [5.74, 6) is 1.10. The van der Waals surface area contributed by atoms with Crippen LogP contribution in [0.25, 0.3) is 0 Å². The predicted molar refractivity (Wildman–Crippen MR) is 74.4 cm³/mol. The van der Waals surface area contributed by atoms with E-state index in [1.54, 1.807) is 0 Å². The Hall–Kier alpha value is -0.800. The van der Waals surface area contributed by atoms with Crippen LogP contribution in [0.2, 0.25) is 0 Å². The Kier molecular flexibility index (Phi) is 4.46. The van der Waals surface area contributed by atoms with E-state index in [0.29, 0.717) is 5.41 Å². The predicted octanol–water partition coefficient (Wildman–Crippen LogP) is 3.01. The van der Waals surface area contributed by atoms with Gasteiger partial charge in [-0.2, -0.15) is 0 Å². The molecule has 0 bridgehead atoms. The quantitative estimate of drug-likeness (QED) is 0.787. The molecule has 1 aromatic heterocycles. The van der Waals surface area contributed by atoms with Crippen LogP contribution >= 0.6 is 0 Å². The van der Waals surface area contributed by atoms with E-state index in [0.717, 1.165) is 31.8 Å². The highest BCUT2D eigenvalue weighted by Gasteiger charge is 2.29. The molecule has 1 aromatic rings. The molecule has 0 radical (unpaired) electrons. The van der Waals surface area contributed by atoms with Gasteiger partial charge in [0.2, 0.25) is 0 Å². The molecule has 102 valence electrons. The lowest BCUT2D eigenvalue weighted by atomic mass is 9.93. The fraction of sp³-hybridized carbons (Fsp3) is 0.733. The maximum atomic E-state index is 5.58. The van der Waals surface area contributed by atoms with Gasteiger partial charge in [-0.1, -0.05) is 20.8 Å². The standard InChI is InChI=1S/C15H26N2O/c1-4-7-16-10-14-13(5-9-18-14)11-17-8-6-15(2,3)12-17/h5,9,16H,4,6-8,10-12H2,1-3H3. The molecule has 1 fully saturated rings. The Labute approximate surface area is 111 Å². The Morgan fingerprint density at radius 1 is 1.44 bits per heavy atom. The Morgan fingerprint density at radius 3 is 2.94 bits per heavy atom. The molecule has 0 aromatic carbocycles. The maximum absolute atomic E-state index is 5.58. The van der Waals surface area contributed by atoms with Crippen molar-refractivity contribution in [2.75, 3.05) is 19.6 Å². The zero-order valence-electron chi connectivity index (χ0n) is 12.0. The van der Waals surface area contributed by atoms with Crippen LogP contribution in [0.3, 0.4) is 0 Å². The van der Waals surface area contributed by atoms with Gasteiger partial charge in [-0.25, -0.2) is 0 Å². The monoisotopic (exact) mass is 250 g/mol. The molecule has 0 saturated carbocycles. The Balaban J connectivity index is 1.88. The van der Waals surface area contributed by atoms with Gasteiger partial charge in [-0.15, -0.1) is 0 Å². The number of nitrogens with zero attached hydrogens (tertiary/aromatic N) is 1. The van der Waals surface area contributed by atoms with Crippen molar-refractivity contribution >= 4 is 0 Å². The second kappa shape index (κ2) is 5.89. The largest absolute Gasteiger partial charge is 0.468 e. The van der Waals surface area contributed by atoms with Gasteiger partial charge in [-0.3, -0.25) is 4.90 Å². The van der Waals surface area contributed by atoms with Crippen LogP contribution in [-0.2, 0) is 13.1 Å². The van der Waals surface area contributed by atoms with Crippen molar-refractivity contribution in [3.63, 3.8) is 0 Å². The summed E-state index contributed by atoms with van der Waals surface area (Å²) in [6.45, 7) is 12.2. The minimum absolute atomic E-state index is 0.477. The SMILES string of the molecule is CCCNCc1occc1CN1CCC(C)(C)C1. The fourth-order valence-corrected chi connectivity index (χ4v) is 2.64. The third-order valence-corrected chi connectivity index (χ3v) is 3.70. The van der Waals surface area contributed by atoms with Crippen molar-refractivity contribution in [1.82, 2.24) is 10.2 Å². The normalized spacial score (nSPS) is 19.5. The average Bonchev–Trinajstić information content (AvgIpc) is 2.87. The van der Waals surface area contributed by atoms with Crippen molar-refractivity contribution in [3.05, 3.63) is 23.7 Å². The van der Waals surface area contributed by atoms with Gasteiger partial charge < -0.3 is 9.73 Å². The minimum atomic E-state index is 0.477. The summed E-state index contributed by atoms with van der Waals surface area (Å²) in [7, 11) is 0. The average molecular weight is 250 g/mol. The molecule has 3 heteroatoms. The molecule has 2 heterocycles. The van der Waals surface area contributed by atoms with Gasteiger partial charge in [-0.05, 0) is 37.4 Å². The van der Waals surface area contributed by atoms with E-state index in [9.17, 15) is 0 Å². The highest BCUT2D eigenvalue weighted by Crippen LogP contribution is 2.30. The number of hydrogen-bond donors (Lipinski definition) is 1. The van der Waals surface area contributed by atoms with Gasteiger partial charge in [0.1, 0.15) is 5.76 Å². The van der Waals surface area contributed by atoms with E-state index in [1.165, 1.54) is 25.1 Å². The van der Waals surface area contributed by atoms with E-state index in [-0.39, 0.29) is 0 Å². The molecule has 1 saturated heterocycles. The lowest BCUT2D eigenvalue weighted by Gasteiger charge is -2.19. The van der Waals surface area contributed by atoms with E-state index in [2.05, 4.69) is 37.1 Å². The summed E-state index contributed by atoms with van der Waals surface area (Å²) in [5, 5.41) is 3.41. The highest BCUT2D eigenvalue weighted by molar-refractivity contribution is 5.17. The summed E-state index contributed by atoms with van der Waals surface area (Å²) in [5.41, 5.74) is 1.82. The number of hydrogen-bond acceptors (Lipinski definition) is 3. The van der Waals surface area contributed by atoms with Crippen LogP contribution in [0.4, 0.5) is 0 Å². The second-order valence-electron chi connectivity index (χ2n) is 6.17. The van der Waals surface area contributed by atoms with Crippen LogP contribution < -0.4 is 5.32 Å². The summed E-state index contributed by atoms with van der Waals surface area (Å²) >= 11 is 0. The highest BCUT2D eigenvalue weighted by atomic mass is 16.3. The zero-order chi connectivity index (χ0) is 13.0. The topological polar surface area (TPSA) is 28.4 Å². The summed E-state index contributed by atoms with van der Waals surface area (Å²) in [6.07, 6.45) is 4.28. The molecular formula is C15H26N2O. The summed E-state index contributed by atoms with van der Waals surface area (Å²) < 4.78 is 5.58. The number of nitrogens with one attached hydrogen (secondary N) is 1. The van der Waals surface area contributed by atoms with Crippen LogP contribution in [-0.4, -0.2) is 24.5 Å². The van der Waals surface area contributed by atoms with Crippen molar-refractivity contribution in [3.8, 4) is 0 Å². The molecule has 2 rings (SSSR count). The lowest BCUT2D eigenvalue weighted by Crippen LogP contribution is -2.23. The molecule has 0 atom stereocenters. The van der Waals surface area contributed by atoms with Crippen molar-refractivity contribution in [2.24, 2.45) is 5.41 Å². The zero-order valence-corrected chi connectivity index (χ0v) is 12.0. The van der Waals surface area contributed by atoms with E-state index < -0.39 is 0 Å². The van der Waals surface area contributed by atoms with Crippen molar-refractivity contribution in [2.45, 2.75) is 46.7 Å². The molecule has 1 aliphatic rings. The van der Waals surface area contributed by atoms with Crippen LogP contribution in [0, 0.1) is 5.41 Å². The molecule has 1 N–H and O–H groups in total. The lowest BCUT2D eigenvalue weighted by molar-refractivity contribution is 0.282. The smallest absolute Gasteiger partial charge is 0.122 e. The third-order valence-electron chi connectivity index (χ3n) is 3.70.